The summed E-state index contributed by atoms with van der Waals surface area (Å²) >= 11 is 0. The van der Waals surface area contributed by atoms with E-state index in [1.165, 1.54) is 0 Å². The van der Waals surface area contributed by atoms with Crippen molar-refractivity contribution in [3.05, 3.63) is 0 Å². The van der Waals surface area contributed by atoms with Crippen molar-refractivity contribution >= 4 is 5.91 Å². The fourth-order valence-electron chi connectivity index (χ4n) is 2.46. The molecule has 0 bridgehead atoms. The molecule has 4 heteroatoms. The van der Waals surface area contributed by atoms with E-state index in [1.807, 2.05) is 4.90 Å². The second-order valence-electron chi connectivity index (χ2n) is 5.25. The van der Waals surface area contributed by atoms with Crippen LogP contribution >= 0.6 is 0 Å². The topological polar surface area (TPSA) is 49.6 Å². The summed E-state index contributed by atoms with van der Waals surface area (Å²) in [5.41, 5.74) is 5.98. The van der Waals surface area contributed by atoms with Gasteiger partial charge in [-0.15, -0.1) is 0 Å². The van der Waals surface area contributed by atoms with Crippen molar-refractivity contribution in [3.8, 4) is 0 Å². The average Bonchev–Trinajstić information content (AvgIpc) is 2.46. The summed E-state index contributed by atoms with van der Waals surface area (Å²) in [6, 6.07) is -0.0246. The van der Waals surface area contributed by atoms with E-state index < -0.39 is 0 Å². The van der Waals surface area contributed by atoms with E-state index in [-0.39, 0.29) is 18.0 Å². The molecule has 1 rings (SSSR count). The third-order valence-corrected chi connectivity index (χ3v) is 3.52. The van der Waals surface area contributed by atoms with Crippen LogP contribution in [0.25, 0.3) is 0 Å². The first kappa shape index (κ1) is 14.5. The van der Waals surface area contributed by atoms with Gasteiger partial charge in [0.25, 0.3) is 0 Å². The molecular weight excluding hydrogens is 214 g/mol. The summed E-state index contributed by atoms with van der Waals surface area (Å²) in [5, 5.41) is 0. The molecule has 0 spiro atoms. The standard InChI is InChI=1S/C13H27N3O/c1-4-5-7-12(14)13(17)16-9-6-8-15(3)10-11(16)2/h11-12H,4-10,14H2,1-3H3. The van der Waals surface area contributed by atoms with Crippen molar-refractivity contribution in [1.82, 2.24) is 9.80 Å². The molecule has 4 nitrogen and oxygen atoms in total. The van der Waals surface area contributed by atoms with E-state index in [1.54, 1.807) is 0 Å². The molecule has 1 heterocycles. The number of likely N-dealkylation sites (N-methyl/N-ethyl adjacent to an activating group) is 1. The van der Waals surface area contributed by atoms with Crippen LogP contribution < -0.4 is 5.73 Å². The number of nitrogens with zero attached hydrogens (tertiary/aromatic N) is 2. The molecule has 1 amide bonds. The molecule has 1 aliphatic heterocycles. The first-order valence-corrected chi connectivity index (χ1v) is 6.80. The quantitative estimate of drug-likeness (QED) is 0.800. The summed E-state index contributed by atoms with van der Waals surface area (Å²) in [6.45, 7) is 7.11. The summed E-state index contributed by atoms with van der Waals surface area (Å²) in [5.74, 6) is 0.140. The van der Waals surface area contributed by atoms with Crippen LogP contribution in [0.4, 0.5) is 0 Å². The van der Waals surface area contributed by atoms with Crippen molar-refractivity contribution in [2.75, 3.05) is 26.7 Å². The second kappa shape index (κ2) is 6.97. The normalized spacial score (nSPS) is 24.5. The minimum absolute atomic E-state index is 0.140. The van der Waals surface area contributed by atoms with Crippen molar-refractivity contribution in [1.29, 1.82) is 0 Å². The van der Waals surface area contributed by atoms with E-state index in [2.05, 4.69) is 25.8 Å². The van der Waals surface area contributed by atoms with E-state index in [9.17, 15) is 4.79 Å². The van der Waals surface area contributed by atoms with Gasteiger partial charge in [-0.25, -0.2) is 0 Å². The predicted octanol–water partition coefficient (Wildman–Crippen LogP) is 1.06. The lowest BCUT2D eigenvalue weighted by atomic mass is 10.1. The van der Waals surface area contributed by atoms with E-state index in [0.717, 1.165) is 45.3 Å². The van der Waals surface area contributed by atoms with Crippen LogP contribution in [0.3, 0.4) is 0 Å². The average molecular weight is 241 g/mol. The molecule has 0 aromatic carbocycles. The molecule has 1 saturated heterocycles. The molecule has 1 aliphatic rings. The number of unbranched alkanes of at least 4 members (excludes halogenated alkanes) is 1. The van der Waals surface area contributed by atoms with Crippen molar-refractivity contribution in [2.45, 2.75) is 51.6 Å². The van der Waals surface area contributed by atoms with Gasteiger partial charge in [-0.3, -0.25) is 4.79 Å². The highest BCUT2D eigenvalue weighted by Crippen LogP contribution is 2.11. The highest BCUT2D eigenvalue weighted by atomic mass is 16.2. The molecule has 2 atom stereocenters. The zero-order valence-electron chi connectivity index (χ0n) is 11.5. The minimum Gasteiger partial charge on any atom is -0.337 e. The minimum atomic E-state index is -0.305. The van der Waals surface area contributed by atoms with Crippen molar-refractivity contribution in [2.24, 2.45) is 5.73 Å². The van der Waals surface area contributed by atoms with Gasteiger partial charge in [-0.2, -0.15) is 0 Å². The molecular formula is C13H27N3O. The van der Waals surface area contributed by atoms with E-state index in [4.69, 9.17) is 5.73 Å². The SMILES string of the molecule is CCCCC(N)C(=O)N1CCCN(C)CC1C. The summed E-state index contributed by atoms with van der Waals surface area (Å²) in [6.07, 6.45) is 4.00. The van der Waals surface area contributed by atoms with Gasteiger partial charge in [0.1, 0.15) is 0 Å². The lowest BCUT2D eigenvalue weighted by molar-refractivity contribution is -0.134. The molecule has 17 heavy (non-hydrogen) atoms. The lowest BCUT2D eigenvalue weighted by Gasteiger charge is -2.30. The maximum atomic E-state index is 12.3. The van der Waals surface area contributed by atoms with Crippen LogP contribution in [-0.4, -0.2) is 54.5 Å². The highest BCUT2D eigenvalue weighted by Gasteiger charge is 2.27. The van der Waals surface area contributed by atoms with Crippen LogP contribution in [0.2, 0.25) is 0 Å². The number of carbonyl (C=O) groups is 1. The molecule has 1 fully saturated rings. The first-order chi connectivity index (χ1) is 8.06. The predicted molar refractivity (Wildman–Crippen MR) is 70.8 cm³/mol. The molecule has 0 saturated carbocycles. The third kappa shape index (κ3) is 4.28. The Balaban J connectivity index is 2.54. The van der Waals surface area contributed by atoms with Gasteiger partial charge in [0.2, 0.25) is 5.91 Å². The summed E-state index contributed by atoms with van der Waals surface area (Å²) in [4.78, 5) is 16.5. The van der Waals surface area contributed by atoms with Crippen LogP contribution in [0.1, 0.15) is 39.5 Å². The number of carbonyl (C=O) groups excluding carboxylic acids is 1. The smallest absolute Gasteiger partial charge is 0.239 e. The monoisotopic (exact) mass is 241 g/mol. The largest absolute Gasteiger partial charge is 0.337 e. The fourth-order valence-corrected chi connectivity index (χ4v) is 2.46. The Kier molecular flexibility index (Phi) is 5.92. The molecule has 0 radical (unpaired) electrons. The lowest BCUT2D eigenvalue weighted by Crippen LogP contribution is -2.49. The van der Waals surface area contributed by atoms with Crippen molar-refractivity contribution in [3.63, 3.8) is 0 Å². The van der Waals surface area contributed by atoms with Gasteiger partial charge < -0.3 is 15.5 Å². The van der Waals surface area contributed by atoms with Crippen LogP contribution in [0, 0.1) is 0 Å². The maximum Gasteiger partial charge on any atom is 0.239 e. The molecule has 100 valence electrons. The Morgan fingerprint density at radius 1 is 1.47 bits per heavy atom. The van der Waals surface area contributed by atoms with Gasteiger partial charge in [0.05, 0.1) is 6.04 Å². The van der Waals surface area contributed by atoms with E-state index >= 15 is 0 Å². The molecule has 2 unspecified atom stereocenters. The van der Waals surface area contributed by atoms with Crippen LogP contribution in [0.5, 0.6) is 0 Å². The van der Waals surface area contributed by atoms with Gasteiger partial charge >= 0.3 is 0 Å². The van der Waals surface area contributed by atoms with Crippen molar-refractivity contribution < 1.29 is 4.79 Å². The summed E-state index contributed by atoms with van der Waals surface area (Å²) < 4.78 is 0. The molecule has 0 aromatic heterocycles. The molecule has 0 aliphatic carbocycles. The zero-order chi connectivity index (χ0) is 12.8. The van der Waals surface area contributed by atoms with Crippen LogP contribution in [0.15, 0.2) is 0 Å². The fraction of sp³-hybridized carbons (Fsp3) is 0.923. The Morgan fingerprint density at radius 3 is 2.82 bits per heavy atom. The number of hydrogen-bond acceptors (Lipinski definition) is 3. The Labute approximate surface area is 105 Å². The number of nitrogens with two attached hydrogens (primary N) is 1. The van der Waals surface area contributed by atoms with Gasteiger partial charge in [0.15, 0.2) is 0 Å². The second-order valence-corrected chi connectivity index (χ2v) is 5.25. The zero-order valence-corrected chi connectivity index (χ0v) is 11.5. The van der Waals surface area contributed by atoms with Gasteiger partial charge in [-0.05, 0) is 33.4 Å². The maximum absolute atomic E-state index is 12.3. The Hall–Kier alpha value is -0.610. The molecule has 2 N–H and O–H groups in total. The third-order valence-electron chi connectivity index (χ3n) is 3.52. The van der Waals surface area contributed by atoms with E-state index in [0.29, 0.717) is 0 Å². The Morgan fingerprint density at radius 2 is 2.18 bits per heavy atom. The number of rotatable bonds is 4. The molecule has 0 aromatic rings. The number of hydrogen-bond donors (Lipinski definition) is 1. The highest BCUT2D eigenvalue weighted by molar-refractivity contribution is 5.81. The Bertz CT molecular complexity index is 245. The number of amides is 1. The van der Waals surface area contributed by atoms with Gasteiger partial charge in [-0.1, -0.05) is 19.8 Å². The first-order valence-electron chi connectivity index (χ1n) is 6.80. The summed E-state index contributed by atoms with van der Waals surface area (Å²) in [7, 11) is 2.11. The van der Waals surface area contributed by atoms with Gasteiger partial charge in [0, 0.05) is 19.1 Å². The van der Waals surface area contributed by atoms with Crippen LogP contribution in [-0.2, 0) is 4.79 Å².